The van der Waals surface area contributed by atoms with Gasteiger partial charge in [-0.1, -0.05) is 29.5 Å². The minimum Gasteiger partial charge on any atom is -0.508 e. The number of rotatable bonds is 3. The second-order valence-electron chi connectivity index (χ2n) is 8.68. The lowest BCUT2D eigenvalue weighted by Crippen LogP contribution is -2.42. The van der Waals surface area contributed by atoms with Gasteiger partial charge in [0, 0.05) is 21.6 Å². The van der Waals surface area contributed by atoms with Crippen molar-refractivity contribution >= 4 is 40.9 Å². The van der Waals surface area contributed by atoms with Gasteiger partial charge in [-0.15, -0.1) is 11.8 Å². The standard InChI is InChI=1S/C21H18N2O6S2/c24-10-4-2-1-3-7(10)12-13-8-5-9(16(13)30-18-17(12)31-21(29)22-18)15-14(8)19(27)23(20(15)28)6-11(25)26/h1-4,8-9,12-16,24H,5-6H2,(H,22,29)(H,25,26)/t8-,9-,12-,13+,14+,15-,16+/m1/s1. The van der Waals surface area contributed by atoms with Gasteiger partial charge < -0.3 is 15.2 Å². The normalized spacial score (nSPS) is 35.2. The first-order chi connectivity index (χ1) is 14.9. The van der Waals surface area contributed by atoms with E-state index in [1.807, 2.05) is 12.1 Å². The van der Waals surface area contributed by atoms with Crippen molar-refractivity contribution in [1.29, 1.82) is 0 Å². The zero-order valence-corrected chi connectivity index (χ0v) is 17.7. The molecule has 6 rings (SSSR count). The zero-order chi connectivity index (χ0) is 21.6. The summed E-state index contributed by atoms with van der Waals surface area (Å²) in [5.41, 5.74) is 0.720. The lowest BCUT2D eigenvalue weighted by molar-refractivity contribution is -0.149. The molecule has 8 nitrogen and oxygen atoms in total. The minimum atomic E-state index is -1.20. The van der Waals surface area contributed by atoms with Crippen LogP contribution >= 0.6 is 23.1 Å². The van der Waals surface area contributed by atoms with Gasteiger partial charge in [0.1, 0.15) is 12.3 Å². The average molecular weight is 459 g/mol. The number of para-hydroxylation sites is 1. The van der Waals surface area contributed by atoms with E-state index in [2.05, 4.69) is 4.98 Å². The van der Waals surface area contributed by atoms with Crippen LogP contribution in [0, 0.1) is 29.6 Å². The van der Waals surface area contributed by atoms with Crippen molar-refractivity contribution in [3.05, 3.63) is 44.4 Å². The maximum absolute atomic E-state index is 13.1. The Hall–Kier alpha value is -2.59. The van der Waals surface area contributed by atoms with E-state index in [4.69, 9.17) is 5.11 Å². The Labute approximate surface area is 184 Å². The Bertz CT molecular complexity index is 1200. The van der Waals surface area contributed by atoms with E-state index in [-0.39, 0.29) is 45.5 Å². The Kier molecular flexibility index (Phi) is 3.98. The summed E-state index contributed by atoms with van der Waals surface area (Å²) in [7, 11) is 0. The lowest BCUT2D eigenvalue weighted by Gasteiger charge is -2.43. The molecule has 1 saturated heterocycles. The van der Waals surface area contributed by atoms with Gasteiger partial charge in [0.2, 0.25) is 11.8 Å². The van der Waals surface area contributed by atoms with Crippen LogP contribution in [0.1, 0.15) is 22.8 Å². The number of hydrogen-bond donors (Lipinski definition) is 3. The van der Waals surface area contributed by atoms with Crippen LogP contribution < -0.4 is 4.87 Å². The molecule has 0 radical (unpaired) electrons. The third-order valence-corrected chi connectivity index (χ3v) is 9.97. The second kappa shape index (κ2) is 6.46. The van der Waals surface area contributed by atoms with E-state index in [1.54, 1.807) is 23.9 Å². The Balaban J connectivity index is 1.47. The number of imide groups is 1. The fourth-order valence-electron chi connectivity index (χ4n) is 6.47. The van der Waals surface area contributed by atoms with Crippen LogP contribution in [-0.4, -0.2) is 49.7 Å². The first-order valence-electron chi connectivity index (χ1n) is 10.1. The number of amides is 2. The number of carboxylic acid groups (broad SMARTS) is 1. The molecule has 160 valence electrons. The number of likely N-dealkylation sites (tertiary alicyclic amines) is 1. The average Bonchev–Trinajstić information content (AvgIpc) is 3.44. The number of benzene rings is 1. The number of phenols is 1. The molecule has 3 heterocycles. The SMILES string of the molecule is O=C(O)CN1C(=O)[C@@H]2[C@H]3C[C@@H]([C@@H]2C1=O)[C@H]1[C@@H](c2ccccc2O)c2sc(=O)[nH]c2S[C@@H]31. The Morgan fingerprint density at radius 3 is 2.55 bits per heavy atom. The number of aromatic nitrogens is 1. The third kappa shape index (κ3) is 2.48. The number of aromatic hydroxyl groups is 1. The number of H-pyrrole nitrogens is 1. The van der Waals surface area contributed by atoms with E-state index in [1.165, 1.54) is 0 Å². The van der Waals surface area contributed by atoms with Crippen molar-refractivity contribution in [3.8, 4) is 5.75 Å². The van der Waals surface area contributed by atoms with Gasteiger partial charge in [-0.25, -0.2) is 0 Å². The number of thiazole rings is 1. The Morgan fingerprint density at radius 2 is 1.84 bits per heavy atom. The zero-order valence-electron chi connectivity index (χ0n) is 16.1. The predicted molar refractivity (Wildman–Crippen MR) is 111 cm³/mol. The molecule has 31 heavy (non-hydrogen) atoms. The number of carbonyl (C=O) groups excluding carboxylic acids is 2. The molecule has 1 aromatic heterocycles. The van der Waals surface area contributed by atoms with Crippen molar-refractivity contribution in [3.63, 3.8) is 0 Å². The van der Waals surface area contributed by atoms with Crippen molar-refractivity contribution in [2.75, 3.05) is 6.54 Å². The number of aliphatic carboxylic acids is 1. The van der Waals surface area contributed by atoms with Crippen molar-refractivity contribution in [1.82, 2.24) is 9.88 Å². The number of nitrogens with zero attached hydrogens (tertiary/aromatic N) is 1. The Morgan fingerprint density at radius 1 is 1.13 bits per heavy atom. The predicted octanol–water partition coefficient (Wildman–Crippen LogP) is 1.70. The summed E-state index contributed by atoms with van der Waals surface area (Å²) in [6.07, 6.45) is 0.722. The summed E-state index contributed by atoms with van der Waals surface area (Å²) in [6, 6.07) is 7.06. The molecule has 2 aliphatic heterocycles. The van der Waals surface area contributed by atoms with Crippen molar-refractivity contribution in [2.24, 2.45) is 29.6 Å². The first-order valence-corrected chi connectivity index (χ1v) is 11.8. The van der Waals surface area contributed by atoms with Crippen LogP contribution in [0.3, 0.4) is 0 Å². The topological polar surface area (TPSA) is 128 Å². The van der Waals surface area contributed by atoms with Gasteiger partial charge in [-0.2, -0.15) is 0 Å². The van der Waals surface area contributed by atoms with Gasteiger partial charge in [0.15, 0.2) is 0 Å². The molecule has 3 fully saturated rings. The molecule has 2 amide bonds. The molecule has 10 heteroatoms. The minimum absolute atomic E-state index is 0.00938. The molecule has 7 atom stereocenters. The highest BCUT2D eigenvalue weighted by Crippen LogP contribution is 2.68. The van der Waals surface area contributed by atoms with Gasteiger partial charge in [-0.05, 0) is 30.2 Å². The van der Waals surface area contributed by atoms with Gasteiger partial charge >= 0.3 is 10.8 Å². The second-order valence-corrected chi connectivity index (χ2v) is 10.9. The maximum Gasteiger partial charge on any atom is 0.323 e. The highest BCUT2D eigenvalue weighted by Gasteiger charge is 2.69. The quantitative estimate of drug-likeness (QED) is 0.597. The number of carboxylic acids is 1. The summed E-state index contributed by atoms with van der Waals surface area (Å²) in [5.74, 6) is -3.29. The van der Waals surface area contributed by atoms with E-state index in [9.17, 15) is 24.3 Å². The number of carbonyl (C=O) groups is 3. The summed E-state index contributed by atoms with van der Waals surface area (Å²) in [6.45, 7) is -0.601. The molecule has 0 unspecified atom stereocenters. The number of nitrogens with one attached hydrogen (secondary N) is 1. The molecule has 3 N–H and O–H groups in total. The summed E-state index contributed by atoms with van der Waals surface area (Å²) in [5, 5.41) is 20.6. The fourth-order valence-corrected chi connectivity index (χ4v) is 9.35. The third-order valence-electron chi connectivity index (χ3n) is 7.38. The molecule has 2 aromatic rings. The molecule has 1 aromatic carbocycles. The van der Waals surface area contributed by atoms with Gasteiger partial charge in [0.25, 0.3) is 0 Å². The molecular formula is C21H18N2O6S2. The molecule has 2 saturated carbocycles. The van der Waals surface area contributed by atoms with Gasteiger partial charge in [-0.3, -0.25) is 24.1 Å². The number of hydrogen-bond acceptors (Lipinski definition) is 7. The summed E-state index contributed by atoms with van der Waals surface area (Å²) >= 11 is 2.69. The fraction of sp³-hybridized carbons (Fsp3) is 0.429. The molecule has 2 bridgehead atoms. The highest BCUT2D eigenvalue weighted by atomic mass is 32.2. The smallest absolute Gasteiger partial charge is 0.323 e. The molecule has 2 aliphatic carbocycles. The lowest BCUT2D eigenvalue weighted by atomic mass is 9.68. The monoisotopic (exact) mass is 458 g/mol. The number of aromatic amines is 1. The molecular weight excluding hydrogens is 440 g/mol. The van der Waals surface area contributed by atoms with Crippen LogP contribution in [0.2, 0.25) is 0 Å². The van der Waals surface area contributed by atoms with E-state index < -0.39 is 30.3 Å². The van der Waals surface area contributed by atoms with Crippen LogP contribution in [0.25, 0.3) is 0 Å². The van der Waals surface area contributed by atoms with E-state index >= 15 is 0 Å². The summed E-state index contributed by atoms with van der Waals surface area (Å²) in [4.78, 5) is 54.0. The van der Waals surface area contributed by atoms with Gasteiger partial charge in [0.05, 0.1) is 16.9 Å². The molecule has 0 spiro atoms. The largest absolute Gasteiger partial charge is 0.508 e. The summed E-state index contributed by atoms with van der Waals surface area (Å²) < 4.78 is 0. The number of thioether (sulfide) groups is 1. The highest BCUT2D eigenvalue weighted by molar-refractivity contribution is 8.00. The first kappa shape index (κ1) is 19.1. The maximum atomic E-state index is 13.1. The van der Waals surface area contributed by atoms with Crippen molar-refractivity contribution in [2.45, 2.75) is 22.6 Å². The van der Waals surface area contributed by atoms with Crippen LogP contribution in [0.15, 0.2) is 34.1 Å². The van der Waals surface area contributed by atoms with E-state index in [0.717, 1.165) is 38.1 Å². The number of fused-ring (bicyclic) bond motifs is 9. The molecule has 4 aliphatic rings. The number of phenolic OH excluding ortho intramolecular Hbond substituents is 1. The van der Waals surface area contributed by atoms with Crippen LogP contribution in [0.4, 0.5) is 0 Å². The van der Waals surface area contributed by atoms with Crippen molar-refractivity contribution < 1.29 is 24.6 Å². The van der Waals surface area contributed by atoms with Crippen LogP contribution in [0.5, 0.6) is 5.75 Å². The van der Waals surface area contributed by atoms with Crippen LogP contribution in [-0.2, 0) is 14.4 Å². The van der Waals surface area contributed by atoms with E-state index in [0.29, 0.717) is 0 Å².